The number of nitrogens with zero attached hydrogens (tertiary/aromatic N) is 1. The van der Waals surface area contributed by atoms with Gasteiger partial charge in [0.15, 0.2) is 0 Å². The highest BCUT2D eigenvalue weighted by molar-refractivity contribution is 7.99. The summed E-state index contributed by atoms with van der Waals surface area (Å²) in [7, 11) is 0. The third-order valence-electron chi connectivity index (χ3n) is 3.65. The van der Waals surface area contributed by atoms with E-state index >= 15 is 0 Å². The summed E-state index contributed by atoms with van der Waals surface area (Å²) in [5, 5.41) is 10.5. The second kappa shape index (κ2) is 7.34. The van der Waals surface area contributed by atoms with Gasteiger partial charge in [0.05, 0.1) is 11.9 Å². The van der Waals surface area contributed by atoms with E-state index in [2.05, 4.69) is 0 Å². The number of amides is 1. The van der Waals surface area contributed by atoms with E-state index in [1.54, 1.807) is 16.7 Å². The molecular weight excluding hydrogens is 294 g/mol. The molecule has 1 heterocycles. The van der Waals surface area contributed by atoms with Gasteiger partial charge in [-0.3, -0.25) is 4.79 Å². The van der Waals surface area contributed by atoms with Crippen LogP contribution >= 0.6 is 23.4 Å². The van der Waals surface area contributed by atoms with Crippen LogP contribution in [0.4, 0.5) is 0 Å². The second-order valence-corrected chi connectivity index (χ2v) is 6.72. The molecule has 1 saturated heterocycles. The van der Waals surface area contributed by atoms with E-state index in [4.69, 9.17) is 11.6 Å². The Bertz CT molecular complexity index is 469. The minimum Gasteiger partial charge on any atom is -0.391 e. The maximum absolute atomic E-state index is 12.1. The maximum atomic E-state index is 12.1. The number of thioether (sulfide) groups is 1. The molecule has 1 aromatic carbocycles. The Morgan fingerprint density at radius 1 is 1.55 bits per heavy atom. The molecule has 0 spiro atoms. The maximum Gasteiger partial charge on any atom is 0.232 e. The molecule has 1 N–H and O–H groups in total. The van der Waals surface area contributed by atoms with Crippen LogP contribution in [0.2, 0.25) is 5.02 Å². The van der Waals surface area contributed by atoms with Gasteiger partial charge >= 0.3 is 0 Å². The summed E-state index contributed by atoms with van der Waals surface area (Å²) >= 11 is 7.51. The van der Waals surface area contributed by atoms with Crippen LogP contribution in [0.25, 0.3) is 0 Å². The van der Waals surface area contributed by atoms with Crippen molar-refractivity contribution in [2.24, 2.45) is 5.92 Å². The largest absolute Gasteiger partial charge is 0.391 e. The van der Waals surface area contributed by atoms with Crippen molar-refractivity contribution in [3.63, 3.8) is 0 Å². The predicted octanol–water partition coefficient (Wildman–Crippen LogP) is 2.80. The van der Waals surface area contributed by atoms with Crippen molar-refractivity contribution in [1.29, 1.82) is 0 Å². The lowest BCUT2D eigenvalue weighted by Gasteiger charge is -2.34. The number of benzene rings is 1. The zero-order valence-corrected chi connectivity index (χ0v) is 13.2. The van der Waals surface area contributed by atoms with Gasteiger partial charge in [-0.05, 0) is 30.0 Å². The smallest absolute Gasteiger partial charge is 0.232 e. The molecule has 0 aliphatic carbocycles. The summed E-state index contributed by atoms with van der Waals surface area (Å²) in [5.41, 5.74) is 1.13. The summed E-state index contributed by atoms with van der Waals surface area (Å²) in [6.45, 7) is 3.26. The topological polar surface area (TPSA) is 40.5 Å². The number of β-amino-alcohol motifs (C(OH)–C–C–N with tert-alkyl or cyclic N) is 1. The molecular formula is C15H20ClNO2S. The minimum absolute atomic E-state index is 0.114. The number of carbonyl (C=O) groups is 1. The zero-order valence-electron chi connectivity index (χ0n) is 11.6. The molecule has 1 aromatic rings. The van der Waals surface area contributed by atoms with E-state index in [1.165, 1.54) is 0 Å². The molecule has 3 nitrogen and oxygen atoms in total. The second-order valence-electron chi connectivity index (χ2n) is 5.30. The van der Waals surface area contributed by atoms with Gasteiger partial charge in [-0.1, -0.05) is 30.7 Å². The monoisotopic (exact) mass is 313 g/mol. The van der Waals surface area contributed by atoms with E-state index < -0.39 is 0 Å². The van der Waals surface area contributed by atoms with Gasteiger partial charge in [-0.2, -0.15) is 0 Å². The molecule has 2 rings (SSSR count). The highest BCUT2D eigenvalue weighted by atomic mass is 35.5. The van der Waals surface area contributed by atoms with Gasteiger partial charge in [0.1, 0.15) is 0 Å². The average molecular weight is 314 g/mol. The quantitative estimate of drug-likeness (QED) is 0.929. The van der Waals surface area contributed by atoms with Crippen LogP contribution in [0.5, 0.6) is 0 Å². The van der Waals surface area contributed by atoms with Gasteiger partial charge in [0.25, 0.3) is 0 Å². The molecule has 110 valence electrons. The van der Waals surface area contributed by atoms with E-state index in [0.29, 0.717) is 12.3 Å². The van der Waals surface area contributed by atoms with Crippen molar-refractivity contribution in [1.82, 2.24) is 4.90 Å². The fraction of sp³-hybridized carbons (Fsp3) is 0.533. The molecule has 1 amide bonds. The number of halogens is 1. The summed E-state index contributed by atoms with van der Waals surface area (Å²) < 4.78 is 0. The first-order chi connectivity index (χ1) is 9.56. The van der Waals surface area contributed by atoms with Crippen LogP contribution in [0.3, 0.4) is 0 Å². The first kappa shape index (κ1) is 15.7. The molecule has 1 aliphatic heterocycles. The molecule has 0 bridgehead atoms. The van der Waals surface area contributed by atoms with Crippen molar-refractivity contribution in [2.75, 3.05) is 18.8 Å². The molecule has 1 fully saturated rings. The van der Waals surface area contributed by atoms with Gasteiger partial charge < -0.3 is 10.0 Å². The SMILES string of the molecule is CC1CCN(C(=O)CSCc2cccc(Cl)c2)CC1O. The van der Waals surface area contributed by atoms with Crippen molar-refractivity contribution in [3.8, 4) is 0 Å². The number of aliphatic hydroxyl groups is 1. The molecule has 20 heavy (non-hydrogen) atoms. The summed E-state index contributed by atoms with van der Waals surface area (Å²) in [5.74, 6) is 1.63. The lowest BCUT2D eigenvalue weighted by atomic mass is 9.96. The lowest BCUT2D eigenvalue weighted by Crippen LogP contribution is -2.46. The molecule has 2 atom stereocenters. The van der Waals surface area contributed by atoms with Gasteiger partial charge in [0, 0.05) is 23.9 Å². The van der Waals surface area contributed by atoms with E-state index in [1.807, 2.05) is 31.2 Å². The first-order valence-electron chi connectivity index (χ1n) is 6.84. The highest BCUT2D eigenvalue weighted by Gasteiger charge is 2.26. The predicted molar refractivity (Wildman–Crippen MR) is 84.0 cm³/mol. The number of piperidine rings is 1. The van der Waals surface area contributed by atoms with Crippen molar-refractivity contribution < 1.29 is 9.90 Å². The standard InChI is InChI=1S/C15H20ClNO2S/c1-11-5-6-17(8-14(11)18)15(19)10-20-9-12-3-2-4-13(16)7-12/h2-4,7,11,14,18H,5-6,8-10H2,1H3. The summed E-state index contributed by atoms with van der Waals surface area (Å²) in [4.78, 5) is 13.8. The average Bonchev–Trinajstić information content (AvgIpc) is 2.42. The molecule has 0 aromatic heterocycles. The molecule has 0 saturated carbocycles. The number of hydrogen-bond donors (Lipinski definition) is 1. The third-order valence-corrected chi connectivity index (χ3v) is 4.88. The van der Waals surface area contributed by atoms with Gasteiger partial charge in [-0.25, -0.2) is 0 Å². The van der Waals surface area contributed by atoms with Crippen molar-refractivity contribution >= 4 is 29.3 Å². The van der Waals surface area contributed by atoms with E-state index in [-0.39, 0.29) is 17.9 Å². The Hall–Kier alpha value is -0.710. The van der Waals surface area contributed by atoms with Crippen molar-refractivity contribution in [2.45, 2.75) is 25.2 Å². The van der Waals surface area contributed by atoms with E-state index in [9.17, 15) is 9.90 Å². The molecule has 1 aliphatic rings. The number of likely N-dealkylation sites (tertiary alicyclic amines) is 1. The zero-order chi connectivity index (χ0) is 14.5. The number of hydrogen-bond acceptors (Lipinski definition) is 3. The van der Waals surface area contributed by atoms with Crippen LogP contribution in [-0.2, 0) is 10.5 Å². The Balaban J connectivity index is 1.75. The van der Waals surface area contributed by atoms with Crippen LogP contribution < -0.4 is 0 Å². The Morgan fingerprint density at radius 2 is 2.35 bits per heavy atom. The Kier molecular flexibility index (Phi) is 5.75. The fourth-order valence-electron chi connectivity index (χ4n) is 2.25. The fourth-order valence-corrected chi connectivity index (χ4v) is 3.34. The minimum atomic E-state index is -0.384. The van der Waals surface area contributed by atoms with Gasteiger partial charge in [0.2, 0.25) is 5.91 Å². The molecule has 2 unspecified atom stereocenters. The van der Waals surface area contributed by atoms with Crippen LogP contribution in [0.1, 0.15) is 18.9 Å². The lowest BCUT2D eigenvalue weighted by molar-refractivity contribution is -0.132. The normalized spacial score (nSPS) is 22.9. The van der Waals surface area contributed by atoms with Gasteiger partial charge in [-0.15, -0.1) is 11.8 Å². The third kappa shape index (κ3) is 4.40. The summed E-state index contributed by atoms with van der Waals surface area (Å²) in [6.07, 6.45) is 0.497. The van der Waals surface area contributed by atoms with Crippen LogP contribution in [0.15, 0.2) is 24.3 Å². The van der Waals surface area contributed by atoms with Crippen LogP contribution in [-0.4, -0.2) is 40.9 Å². The Labute approximate surface area is 129 Å². The van der Waals surface area contributed by atoms with Crippen LogP contribution in [0, 0.1) is 5.92 Å². The summed E-state index contributed by atoms with van der Waals surface area (Å²) in [6, 6.07) is 7.70. The number of aliphatic hydroxyl groups excluding tert-OH is 1. The Morgan fingerprint density at radius 3 is 3.05 bits per heavy atom. The number of carbonyl (C=O) groups excluding carboxylic acids is 1. The van der Waals surface area contributed by atoms with E-state index in [0.717, 1.165) is 29.3 Å². The molecule has 5 heteroatoms. The first-order valence-corrected chi connectivity index (χ1v) is 8.37. The van der Waals surface area contributed by atoms with Crippen molar-refractivity contribution in [3.05, 3.63) is 34.9 Å². The highest BCUT2D eigenvalue weighted by Crippen LogP contribution is 2.20. The number of rotatable bonds is 4. The molecule has 0 radical (unpaired) electrons.